The summed E-state index contributed by atoms with van der Waals surface area (Å²) in [5, 5.41) is 4.28. The fourth-order valence-corrected chi connectivity index (χ4v) is 1.73. The van der Waals surface area contributed by atoms with E-state index in [-0.39, 0.29) is 5.56 Å². The molecule has 0 atom stereocenters. The molecule has 4 nitrogen and oxygen atoms in total. The molecule has 2 aromatic rings. The van der Waals surface area contributed by atoms with E-state index in [1.165, 1.54) is 4.68 Å². The summed E-state index contributed by atoms with van der Waals surface area (Å²) in [7, 11) is 0. The second-order valence-electron chi connectivity index (χ2n) is 4.05. The molecule has 4 heteroatoms. The van der Waals surface area contributed by atoms with Crippen LogP contribution in [-0.2, 0) is 6.54 Å². The number of nitrogens with zero attached hydrogens (tertiary/aromatic N) is 2. The maximum atomic E-state index is 11.9. The molecule has 1 aromatic carbocycles. The number of hydrogen-bond donors (Lipinski definition) is 1. The zero-order chi connectivity index (χ0) is 12.4. The van der Waals surface area contributed by atoms with Crippen LogP contribution in [-0.4, -0.2) is 9.78 Å². The minimum Gasteiger partial charge on any atom is -0.326 e. The molecule has 1 aromatic heterocycles. The van der Waals surface area contributed by atoms with Crippen molar-refractivity contribution in [3.05, 3.63) is 57.5 Å². The summed E-state index contributed by atoms with van der Waals surface area (Å²) >= 11 is 0. The molecule has 2 rings (SSSR count). The Hall–Kier alpha value is -1.94. The van der Waals surface area contributed by atoms with Crippen LogP contribution in [0.15, 0.2) is 35.1 Å². The van der Waals surface area contributed by atoms with Crippen LogP contribution >= 0.6 is 0 Å². The first-order valence-corrected chi connectivity index (χ1v) is 5.49. The van der Waals surface area contributed by atoms with Gasteiger partial charge >= 0.3 is 0 Å². The first kappa shape index (κ1) is 11.5. The minimum absolute atomic E-state index is 0.151. The van der Waals surface area contributed by atoms with Gasteiger partial charge in [0.1, 0.15) is 0 Å². The summed E-state index contributed by atoms with van der Waals surface area (Å²) in [6.07, 6.45) is 0. The molecule has 0 saturated carbocycles. The van der Waals surface area contributed by atoms with Crippen molar-refractivity contribution in [2.45, 2.75) is 20.4 Å². The normalized spacial score (nSPS) is 10.5. The average molecular weight is 229 g/mol. The molecule has 0 radical (unpaired) electrons. The van der Waals surface area contributed by atoms with Crippen molar-refractivity contribution in [1.82, 2.24) is 9.78 Å². The molecule has 0 unspecified atom stereocenters. The van der Waals surface area contributed by atoms with Gasteiger partial charge in [-0.15, -0.1) is 0 Å². The number of aromatic nitrogens is 2. The third kappa shape index (κ3) is 2.26. The predicted molar refractivity (Wildman–Crippen MR) is 67.2 cm³/mol. The highest BCUT2D eigenvalue weighted by atomic mass is 16.1. The maximum absolute atomic E-state index is 11.9. The van der Waals surface area contributed by atoms with Crippen molar-refractivity contribution >= 4 is 0 Å². The topological polar surface area (TPSA) is 60.9 Å². The Kier molecular flexibility index (Phi) is 3.06. The number of nitrogens with two attached hydrogens (primary N) is 1. The van der Waals surface area contributed by atoms with Gasteiger partial charge in [0.2, 0.25) is 0 Å². The van der Waals surface area contributed by atoms with Crippen LogP contribution in [0.1, 0.15) is 16.8 Å². The van der Waals surface area contributed by atoms with Crippen LogP contribution in [0.4, 0.5) is 0 Å². The van der Waals surface area contributed by atoms with Crippen molar-refractivity contribution in [2.75, 3.05) is 0 Å². The van der Waals surface area contributed by atoms with E-state index in [0.29, 0.717) is 6.54 Å². The molecule has 0 aliphatic heterocycles. The van der Waals surface area contributed by atoms with Crippen molar-refractivity contribution in [2.24, 2.45) is 5.73 Å². The highest BCUT2D eigenvalue weighted by molar-refractivity contribution is 5.35. The van der Waals surface area contributed by atoms with E-state index >= 15 is 0 Å². The van der Waals surface area contributed by atoms with Gasteiger partial charge in [-0.05, 0) is 37.1 Å². The lowest BCUT2D eigenvalue weighted by Gasteiger charge is -2.08. The lowest BCUT2D eigenvalue weighted by molar-refractivity contribution is 0.766. The molecular weight excluding hydrogens is 214 g/mol. The van der Waals surface area contributed by atoms with Gasteiger partial charge in [0.25, 0.3) is 5.56 Å². The molecule has 0 bridgehead atoms. The molecule has 1 heterocycles. The second kappa shape index (κ2) is 4.51. The van der Waals surface area contributed by atoms with Gasteiger partial charge in [-0.2, -0.15) is 9.78 Å². The van der Waals surface area contributed by atoms with E-state index in [1.54, 1.807) is 6.07 Å². The van der Waals surface area contributed by atoms with Gasteiger partial charge in [0, 0.05) is 12.6 Å². The molecule has 0 aliphatic rings. The van der Waals surface area contributed by atoms with E-state index in [2.05, 4.69) is 5.10 Å². The Balaban J connectivity index is 2.61. The van der Waals surface area contributed by atoms with Crippen LogP contribution in [0.2, 0.25) is 0 Å². The van der Waals surface area contributed by atoms with Crippen LogP contribution in [0.5, 0.6) is 0 Å². The third-order valence-corrected chi connectivity index (χ3v) is 2.69. The second-order valence-corrected chi connectivity index (χ2v) is 4.05. The predicted octanol–water partition coefficient (Wildman–Crippen LogP) is 1.31. The molecule has 0 amide bonds. The van der Waals surface area contributed by atoms with E-state index in [0.717, 1.165) is 22.5 Å². The maximum Gasteiger partial charge on any atom is 0.271 e. The number of rotatable bonds is 2. The summed E-state index contributed by atoms with van der Waals surface area (Å²) < 4.78 is 1.40. The van der Waals surface area contributed by atoms with Crippen LogP contribution < -0.4 is 11.3 Å². The average Bonchev–Trinajstić information content (AvgIpc) is 2.31. The Morgan fingerprint density at radius 1 is 1.29 bits per heavy atom. The standard InChI is InChI=1S/C13H15N3O/c1-9-4-3-5-12(6-9)16-13(17)7-11(8-14)10(2)15-16/h3-7H,8,14H2,1-2H3. The minimum atomic E-state index is -0.151. The lowest BCUT2D eigenvalue weighted by atomic mass is 10.2. The SMILES string of the molecule is Cc1cccc(-n2nc(C)c(CN)cc2=O)c1. The van der Waals surface area contributed by atoms with Crippen LogP contribution in [0.3, 0.4) is 0 Å². The van der Waals surface area contributed by atoms with E-state index < -0.39 is 0 Å². The lowest BCUT2D eigenvalue weighted by Crippen LogP contribution is -2.23. The molecule has 0 fully saturated rings. The number of hydrogen-bond acceptors (Lipinski definition) is 3. The van der Waals surface area contributed by atoms with Gasteiger partial charge < -0.3 is 5.73 Å². The number of benzene rings is 1. The van der Waals surface area contributed by atoms with E-state index in [9.17, 15) is 4.79 Å². The fraction of sp³-hybridized carbons (Fsp3) is 0.231. The van der Waals surface area contributed by atoms with Crippen molar-refractivity contribution in [1.29, 1.82) is 0 Å². The Bertz CT molecular complexity index is 602. The van der Waals surface area contributed by atoms with Gasteiger partial charge in [0.05, 0.1) is 11.4 Å². The summed E-state index contributed by atoms with van der Waals surface area (Å²) in [5.41, 5.74) is 8.84. The van der Waals surface area contributed by atoms with E-state index in [4.69, 9.17) is 5.73 Å². The Morgan fingerprint density at radius 3 is 2.71 bits per heavy atom. The molecule has 88 valence electrons. The van der Waals surface area contributed by atoms with Gasteiger partial charge in [-0.3, -0.25) is 4.79 Å². The summed E-state index contributed by atoms with van der Waals surface area (Å²) in [4.78, 5) is 11.9. The van der Waals surface area contributed by atoms with Gasteiger partial charge in [-0.1, -0.05) is 12.1 Å². The largest absolute Gasteiger partial charge is 0.326 e. The first-order valence-electron chi connectivity index (χ1n) is 5.49. The van der Waals surface area contributed by atoms with Crippen molar-refractivity contribution in [3.8, 4) is 5.69 Å². The molecular formula is C13H15N3O. The zero-order valence-corrected chi connectivity index (χ0v) is 9.97. The third-order valence-electron chi connectivity index (χ3n) is 2.69. The molecule has 0 saturated heterocycles. The molecule has 17 heavy (non-hydrogen) atoms. The van der Waals surface area contributed by atoms with Crippen LogP contribution in [0.25, 0.3) is 5.69 Å². The van der Waals surface area contributed by atoms with Crippen LogP contribution in [0, 0.1) is 13.8 Å². The summed E-state index contributed by atoms with van der Waals surface area (Å²) in [5.74, 6) is 0. The molecule has 0 spiro atoms. The van der Waals surface area contributed by atoms with Gasteiger partial charge in [-0.25, -0.2) is 0 Å². The number of aryl methyl sites for hydroxylation is 2. The monoisotopic (exact) mass is 229 g/mol. The zero-order valence-electron chi connectivity index (χ0n) is 9.97. The smallest absolute Gasteiger partial charge is 0.271 e. The molecule has 0 aliphatic carbocycles. The van der Waals surface area contributed by atoms with Crippen molar-refractivity contribution in [3.63, 3.8) is 0 Å². The Labute approximate surface area is 99.7 Å². The van der Waals surface area contributed by atoms with E-state index in [1.807, 2.05) is 38.1 Å². The quantitative estimate of drug-likeness (QED) is 0.844. The summed E-state index contributed by atoms with van der Waals surface area (Å²) in [6, 6.07) is 9.23. The first-order chi connectivity index (χ1) is 8.11. The fourth-order valence-electron chi connectivity index (χ4n) is 1.73. The highest BCUT2D eigenvalue weighted by Crippen LogP contribution is 2.08. The van der Waals surface area contributed by atoms with Gasteiger partial charge in [0.15, 0.2) is 0 Å². The highest BCUT2D eigenvalue weighted by Gasteiger charge is 2.05. The summed E-state index contributed by atoms with van der Waals surface area (Å²) in [6.45, 7) is 4.17. The Morgan fingerprint density at radius 2 is 2.06 bits per heavy atom. The molecule has 2 N–H and O–H groups in total. The van der Waals surface area contributed by atoms with Crippen molar-refractivity contribution < 1.29 is 0 Å².